The fourth-order valence-electron chi connectivity index (χ4n) is 3.49. The number of benzene rings is 2. The Morgan fingerprint density at radius 3 is 2.22 bits per heavy atom. The number of nitrogens with one attached hydrogen (secondary N) is 2. The summed E-state index contributed by atoms with van der Waals surface area (Å²) >= 11 is 1.48. The average molecular weight is 542 g/mol. The fraction of sp³-hybridized carbons (Fsp3) is 0.222. The summed E-state index contributed by atoms with van der Waals surface area (Å²) in [6.45, 7) is 0. The lowest BCUT2D eigenvalue weighted by Crippen LogP contribution is -2.50. The summed E-state index contributed by atoms with van der Waals surface area (Å²) in [5.74, 6) is -0.474. The van der Waals surface area contributed by atoms with Crippen molar-refractivity contribution in [3.05, 3.63) is 108 Å². The largest absolute Gasteiger partial charge is 0.348 e. The molecule has 0 saturated carbocycles. The van der Waals surface area contributed by atoms with E-state index in [-0.39, 0.29) is 11.3 Å². The Bertz CT molecular complexity index is 1310. The first-order valence-corrected chi connectivity index (χ1v) is 14.4. The van der Waals surface area contributed by atoms with E-state index < -0.39 is 38.9 Å². The van der Waals surface area contributed by atoms with Gasteiger partial charge in [0, 0.05) is 24.4 Å². The molecule has 0 aliphatic heterocycles. The van der Waals surface area contributed by atoms with Gasteiger partial charge in [-0.05, 0) is 54.3 Å². The molecule has 37 heavy (non-hydrogen) atoms. The number of nitrogens with zero attached hydrogens (tertiary/aromatic N) is 1. The van der Waals surface area contributed by atoms with E-state index in [1.807, 2.05) is 36.6 Å². The van der Waals surface area contributed by atoms with Crippen molar-refractivity contribution in [1.82, 2.24) is 15.6 Å². The molecular weight excluding hydrogens is 513 g/mol. The summed E-state index contributed by atoms with van der Waals surface area (Å²) in [6, 6.07) is 17.6. The first-order chi connectivity index (χ1) is 17.8. The zero-order valence-corrected chi connectivity index (χ0v) is 21.8. The van der Waals surface area contributed by atoms with Crippen molar-refractivity contribution >= 4 is 33.4 Å². The van der Waals surface area contributed by atoms with Crippen LogP contribution in [0.5, 0.6) is 0 Å². The van der Waals surface area contributed by atoms with Gasteiger partial charge in [0.15, 0.2) is 0 Å². The number of sulfone groups is 1. The van der Waals surface area contributed by atoms with Gasteiger partial charge in [0.05, 0.1) is 10.9 Å². The quantitative estimate of drug-likeness (QED) is 0.360. The van der Waals surface area contributed by atoms with Crippen LogP contribution in [0.3, 0.4) is 0 Å². The van der Waals surface area contributed by atoms with Gasteiger partial charge in [-0.3, -0.25) is 14.6 Å². The summed E-state index contributed by atoms with van der Waals surface area (Å²) in [5.41, 5.74) is 1.14. The van der Waals surface area contributed by atoms with E-state index >= 15 is 4.39 Å². The van der Waals surface area contributed by atoms with Crippen LogP contribution in [-0.2, 0) is 21.1 Å². The summed E-state index contributed by atoms with van der Waals surface area (Å²) in [7, 11) is -4.36. The molecular formula is C27H28FN3O4S2. The maximum Gasteiger partial charge on any atom is 0.252 e. The van der Waals surface area contributed by atoms with E-state index in [1.165, 1.54) is 60.6 Å². The molecule has 0 fully saturated rings. The lowest BCUT2D eigenvalue weighted by atomic mass is 10.0. The number of hydrogen-bond donors (Lipinski definition) is 2. The topological polar surface area (TPSA) is 105 Å². The lowest BCUT2D eigenvalue weighted by Gasteiger charge is -2.22. The second kappa shape index (κ2) is 13.7. The first-order valence-electron chi connectivity index (χ1n) is 11.5. The van der Waals surface area contributed by atoms with Gasteiger partial charge in [-0.1, -0.05) is 48.5 Å². The van der Waals surface area contributed by atoms with Gasteiger partial charge in [-0.2, -0.15) is 16.2 Å². The van der Waals surface area contributed by atoms with Crippen LogP contribution in [0.15, 0.2) is 101 Å². The van der Waals surface area contributed by atoms with E-state index in [1.54, 1.807) is 6.07 Å². The normalized spacial score (nSPS) is 13.4. The minimum atomic E-state index is -4.36. The third kappa shape index (κ3) is 8.26. The Balaban J connectivity index is 1.84. The molecule has 2 atom stereocenters. The third-order valence-electron chi connectivity index (χ3n) is 5.45. The van der Waals surface area contributed by atoms with Gasteiger partial charge in [0.25, 0.3) is 5.91 Å². The molecule has 2 aromatic carbocycles. The number of carbonyl (C=O) groups excluding carboxylic acids is 2. The highest BCUT2D eigenvalue weighted by Crippen LogP contribution is 2.21. The molecule has 2 N–H and O–H groups in total. The Hall–Kier alpha value is -3.50. The zero-order chi connectivity index (χ0) is 26.7. The second-order valence-corrected chi connectivity index (χ2v) is 11.0. The number of hydrogen-bond acceptors (Lipinski definition) is 6. The molecule has 10 heteroatoms. The van der Waals surface area contributed by atoms with Crippen molar-refractivity contribution in [2.24, 2.45) is 0 Å². The summed E-state index contributed by atoms with van der Waals surface area (Å²) in [4.78, 5) is 29.9. The van der Waals surface area contributed by atoms with Crippen LogP contribution in [0.2, 0.25) is 0 Å². The van der Waals surface area contributed by atoms with Gasteiger partial charge >= 0.3 is 0 Å². The van der Waals surface area contributed by atoms with Crippen molar-refractivity contribution in [3.63, 3.8) is 0 Å². The molecule has 0 spiro atoms. The van der Waals surface area contributed by atoms with Crippen molar-refractivity contribution < 1.29 is 22.4 Å². The zero-order valence-electron chi connectivity index (χ0n) is 20.2. The molecule has 0 aliphatic carbocycles. The van der Waals surface area contributed by atoms with Gasteiger partial charge < -0.3 is 10.6 Å². The standard InChI is InChI=1S/C27H28FN3O4S2/c1-36-17-14-22(19-25(28)37(34,35)23-10-6-3-7-11-23)30-27(33)24(18-20-8-4-2-5-9-20)31-26(32)21-12-15-29-16-13-21/h2-13,15-16,19,22,24H,14,17-18H2,1H3,(H,30,33)(H,31,32)/b25-19+/t22-,24-/m0/s1. The van der Waals surface area contributed by atoms with Crippen LogP contribution >= 0.6 is 11.8 Å². The number of thioether (sulfide) groups is 1. The second-order valence-electron chi connectivity index (χ2n) is 8.14. The van der Waals surface area contributed by atoms with Crippen LogP contribution in [0.4, 0.5) is 4.39 Å². The van der Waals surface area contributed by atoms with Crippen molar-refractivity contribution in [2.45, 2.75) is 29.8 Å². The number of carbonyl (C=O) groups is 2. The number of halogens is 1. The molecule has 0 aliphatic rings. The number of aromatic nitrogens is 1. The van der Waals surface area contributed by atoms with Crippen LogP contribution in [0.25, 0.3) is 0 Å². The minimum Gasteiger partial charge on any atom is -0.348 e. The molecule has 3 aromatic rings. The predicted molar refractivity (Wildman–Crippen MR) is 143 cm³/mol. The van der Waals surface area contributed by atoms with Crippen LogP contribution in [-0.4, -0.2) is 49.3 Å². The SMILES string of the molecule is CSCC[C@@H](/C=C(\F)S(=O)(=O)c1ccccc1)NC(=O)[C@H](Cc1ccccc1)NC(=O)c1ccncc1. The maximum absolute atomic E-state index is 15.0. The molecule has 0 unspecified atom stereocenters. The highest BCUT2D eigenvalue weighted by Gasteiger charge is 2.26. The molecule has 0 saturated heterocycles. The smallest absolute Gasteiger partial charge is 0.252 e. The fourth-order valence-corrected chi connectivity index (χ4v) is 5.06. The van der Waals surface area contributed by atoms with E-state index in [0.29, 0.717) is 17.7 Å². The molecule has 1 aromatic heterocycles. The van der Waals surface area contributed by atoms with Crippen molar-refractivity contribution in [2.75, 3.05) is 12.0 Å². The predicted octanol–water partition coefficient (Wildman–Crippen LogP) is 3.95. The van der Waals surface area contributed by atoms with E-state index in [2.05, 4.69) is 15.6 Å². The Morgan fingerprint density at radius 2 is 1.59 bits per heavy atom. The number of pyridine rings is 1. The molecule has 3 rings (SSSR count). The number of rotatable bonds is 12. The van der Waals surface area contributed by atoms with Crippen molar-refractivity contribution in [1.29, 1.82) is 0 Å². The molecule has 1 heterocycles. The molecule has 0 bridgehead atoms. The van der Waals surface area contributed by atoms with Gasteiger partial charge in [-0.25, -0.2) is 8.42 Å². The van der Waals surface area contributed by atoms with Crippen LogP contribution in [0, 0.1) is 0 Å². The Kier molecular flexibility index (Phi) is 10.4. The highest BCUT2D eigenvalue weighted by atomic mass is 32.2. The van der Waals surface area contributed by atoms with Crippen LogP contribution in [0.1, 0.15) is 22.3 Å². The summed E-state index contributed by atoms with van der Waals surface area (Å²) in [5, 5.41) is 4.12. The molecule has 194 valence electrons. The minimum absolute atomic E-state index is 0.176. The Labute approximate surface area is 220 Å². The lowest BCUT2D eigenvalue weighted by molar-refractivity contribution is -0.123. The molecule has 0 radical (unpaired) electrons. The highest BCUT2D eigenvalue weighted by molar-refractivity contribution is 7.98. The monoisotopic (exact) mass is 541 g/mol. The van der Waals surface area contributed by atoms with Gasteiger partial charge in [-0.15, -0.1) is 0 Å². The summed E-state index contributed by atoms with van der Waals surface area (Å²) in [6.07, 6.45) is 6.20. The molecule has 2 amide bonds. The van der Waals surface area contributed by atoms with Gasteiger partial charge in [0.2, 0.25) is 20.9 Å². The van der Waals surface area contributed by atoms with E-state index in [0.717, 1.165) is 11.6 Å². The maximum atomic E-state index is 15.0. The summed E-state index contributed by atoms with van der Waals surface area (Å²) < 4.78 is 40.4. The molecule has 7 nitrogen and oxygen atoms in total. The van der Waals surface area contributed by atoms with Crippen LogP contribution < -0.4 is 10.6 Å². The van der Waals surface area contributed by atoms with Gasteiger partial charge in [0.1, 0.15) is 6.04 Å². The average Bonchev–Trinajstić information content (AvgIpc) is 2.92. The third-order valence-corrected chi connectivity index (χ3v) is 7.64. The Morgan fingerprint density at radius 1 is 0.973 bits per heavy atom. The van der Waals surface area contributed by atoms with E-state index in [9.17, 15) is 18.0 Å². The number of amides is 2. The van der Waals surface area contributed by atoms with E-state index in [4.69, 9.17) is 0 Å². The first kappa shape index (κ1) is 28.1. The van der Waals surface area contributed by atoms with Crippen molar-refractivity contribution in [3.8, 4) is 0 Å².